The molecule has 1 aliphatic heterocycles. The number of rotatable bonds is 4. The highest BCUT2D eigenvalue weighted by Gasteiger charge is 2.33. The fourth-order valence-electron chi connectivity index (χ4n) is 3.95. The molecule has 4 nitrogen and oxygen atoms in total. The number of sulfonamides is 1. The van der Waals surface area contributed by atoms with Gasteiger partial charge in [-0.3, -0.25) is 0 Å². The van der Waals surface area contributed by atoms with Crippen molar-refractivity contribution in [1.82, 2.24) is 9.62 Å². The van der Waals surface area contributed by atoms with Crippen LogP contribution in [-0.2, 0) is 10.0 Å². The number of benzene rings is 1. The van der Waals surface area contributed by atoms with Crippen LogP contribution in [0.4, 0.5) is 0 Å². The Morgan fingerprint density at radius 1 is 1.19 bits per heavy atom. The third-order valence-electron chi connectivity index (χ3n) is 5.54. The van der Waals surface area contributed by atoms with Crippen LogP contribution in [0.3, 0.4) is 0 Å². The van der Waals surface area contributed by atoms with Gasteiger partial charge in [0.15, 0.2) is 0 Å². The van der Waals surface area contributed by atoms with Gasteiger partial charge in [0, 0.05) is 30.1 Å². The third kappa shape index (κ3) is 4.41. The molecule has 1 saturated carbocycles. The summed E-state index contributed by atoms with van der Waals surface area (Å²) in [6, 6.07) is 5.51. The molecule has 7 heteroatoms. The van der Waals surface area contributed by atoms with Crippen molar-refractivity contribution in [2.45, 2.75) is 62.8 Å². The summed E-state index contributed by atoms with van der Waals surface area (Å²) < 4.78 is 27.8. The van der Waals surface area contributed by atoms with Crippen molar-refractivity contribution in [2.24, 2.45) is 5.92 Å². The summed E-state index contributed by atoms with van der Waals surface area (Å²) in [7, 11) is -3.55. The minimum atomic E-state index is -3.55. The van der Waals surface area contributed by atoms with E-state index in [4.69, 9.17) is 23.8 Å². The van der Waals surface area contributed by atoms with Crippen molar-refractivity contribution in [2.75, 3.05) is 13.1 Å². The molecule has 144 valence electrons. The molecule has 1 aromatic carbocycles. The second kappa shape index (κ2) is 8.55. The number of nitrogens with one attached hydrogen (secondary N) is 1. The van der Waals surface area contributed by atoms with Gasteiger partial charge in [-0.15, -0.1) is 0 Å². The molecule has 0 aromatic heterocycles. The molecule has 1 saturated heterocycles. The van der Waals surface area contributed by atoms with E-state index in [0.29, 0.717) is 34.6 Å². The lowest BCUT2D eigenvalue weighted by molar-refractivity contribution is 0.307. The van der Waals surface area contributed by atoms with Gasteiger partial charge in [-0.1, -0.05) is 49.1 Å². The smallest absolute Gasteiger partial charge is 0.243 e. The Bertz CT molecular complexity index is 761. The number of hydrogen-bond acceptors (Lipinski definition) is 3. The summed E-state index contributed by atoms with van der Waals surface area (Å²) in [6.07, 6.45) is 7.90. The molecule has 26 heavy (non-hydrogen) atoms. The summed E-state index contributed by atoms with van der Waals surface area (Å²) >= 11 is 11.8. The maximum Gasteiger partial charge on any atom is 0.243 e. The van der Waals surface area contributed by atoms with Crippen molar-refractivity contribution >= 4 is 38.8 Å². The average molecular weight is 415 g/mol. The lowest BCUT2D eigenvalue weighted by Gasteiger charge is -2.34. The van der Waals surface area contributed by atoms with Crippen LogP contribution in [0.1, 0.15) is 50.5 Å². The van der Waals surface area contributed by atoms with E-state index in [9.17, 15) is 8.42 Å². The molecular weight excluding hydrogens is 388 g/mol. The lowest BCUT2D eigenvalue weighted by atomic mass is 9.94. The molecule has 1 N–H and O–H groups in total. The Morgan fingerprint density at radius 3 is 2.65 bits per heavy atom. The molecule has 0 radical (unpaired) electrons. The Labute approximate surface area is 167 Å². The van der Waals surface area contributed by atoms with E-state index < -0.39 is 10.0 Å². The summed E-state index contributed by atoms with van der Waals surface area (Å²) in [5.41, 5.74) is 0.610. The van der Waals surface area contributed by atoms with Gasteiger partial charge in [0.1, 0.15) is 0 Å². The first kappa shape index (κ1) is 20.1. The summed E-state index contributed by atoms with van der Waals surface area (Å²) in [5.74, 6) is 0.0925. The van der Waals surface area contributed by atoms with Gasteiger partial charge in [0.2, 0.25) is 10.0 Å². The van der Waals surface area contributed by atoms with Crippen LogP contribution in [0.25, 0.3) is 0 Å². The standard InChI is InChI=1S/C19H27ClN2O2S2/c1-14-17(20)10-5-11-18(14)26(23,24)22-12-6-7-15(13-22)19(25)21-16-8-3-2-4-9-16/h5,10-11,15-16H,2-4,6-9,12-13H2,1H3,(H,21,25)/t15-/m0/s1. The van der Waals surface area contributed by atoms with E-state index in [1.807, 2.05) is 0 Å². The summed E-state index contributed by atoms with van der Waals surface area (Å²) in [6.45, 7) is 2.75. The molecule has 0 unspecified atom stereocenters. The molecule has 0 bridgehead atoms. The van der Waals surface area contributed by atoms with Crippen LogP contribution in [0.2, 0.25) is 5.02 Å². The lowest BCUT2D eigenvalue weighted by Crippen LogP contribution is -2.47. The first-order valence-electron chi connectivity index (χ1n) is 9.45. The largest absolute Gasteiger partial charge is 0.377 e. The van der Waals surface area contributed by atoms with Crippen LogP contribution in [0.5, 0.6) is 0 Å². The highest BCUT2D eigenvalue weighted by atomic mass is 35.5. The van der Waals surface area contributed by atoms with E-state index >= 15 is 0 Å². The van der Waals surface area contributed by atoms with Gasteiger partial charge in [-0.25, -0.2) is 8.42 Å². The minimum absolute atomic E-state index is 0.0925. The van der Waals surface area contributed by atoms with Gasteiger partial charge in [0.05, 0.1) is 9.88 Å². The molecule has 1 heterocycles. The molecule has 0 amide bonds. The van der Waals surface area contributed by atoms with Crippen LogP contribution >= 0.6 is 23.8 Å². The molecular formula is C19H27ClN2O2S2. The molecule has 1 aliphatic carbocycles. The van der Waals surface area contributed by atoms with Gasteiger partial charge in [-0.05, 0) is 50.3 Å². The van der Waals surface area contributed by atoms with Crippen molar-refractivity contribution in [1.29, 1.82) is 0 Å². The van der Waals surface area contributed by atoms with Gasteiger partial charge >= 0.3 is 0 Å². The average Bonchev–Trinajstić information content (AvgIpc) is 2.64. The highest BCUT2D eigenvalue weighted by molar-refractivity contribution is 7.89. The number of thiocarbonyl (C=S) groups is 1. The second-order valence-electron chi connectivity index (χ2n) is 7.41. The van der Waals surface area contributed by atoms with Gasteiger partial charge in [-0.2, -0.15) is 4.31 Å². The van der Waals surface area contributed by atoms with Crippen molar-refractivity contribution in [3.8, 4) is 0 Å². The van der Waals surface area contributed by atoms with Crippen LogP contribution in [0.15, 0.2) is 23.1 Å². The minimum Gasteiger partial charge on any atom is -0.377 e. The van der Waals surface area contributed by atoms with E-state index in [1.165, 1.54) is 19.3 Å². The first-order chi connectivity index (χ1) is 12.4. The van der Waals surface area contributed by atoms with Crippen LogP contribution in [-0.4, -0.2) is 36.8 Å². The number of hydrogen-bond donors (Lipinski definition) is 1. The summed E-state index contributed by atoms with van der Waals surface area (Å²) in [5, 5.41) is 3.99. The number of halogens is 1. The van der Waals surface area contributed by atoms with Crippen molar-refractivity contribution < 1.29 is 8.42 Å². The highest BCUT2D eigenvalue weighted by Crippen LogP contribution is 2.29. The predicted octanol–water partition coefficient (Wildman–Crippen LogP) is 4.30. The Kier molecular flexibility index (Phi) is 6.59. The zero-order valence-electron chi connectivity index (χ0n) is 15.2. The number of nitrogens with zero attached hydrogens (tertiary/aromatic N) is 1. The molecule has 3 rings (SSSR count). The van der Waals surface area contributed by atoms with Gasteiger partial charge < -0.3 is 5.32 Å². The third-order valence-corrected chi connectivity index (χ3v) is 8.41. The van der Waals surface area contributed by atoms with E-state index in [2.05, 4.69) is 5.32 Å². The maximum absolute atomic E-state index is 13.1. The van der Waals surface area contributed by atoms with Crippen molar-refractivity contribution in [3.05, 3.63) is 28.8 Å². The Balaban J connectivity index is 1.71. The van der Waals surface area contributed by atoms with E-state index in [-0.39, 0.29) is 5.92 Å². The monoisotopic (exact) mass is 414 g/mol. The van der Waals surface area contributed by atoms with Crippen LogP contribution in [0, 0.1) is 12.8 Å². The Hall–Kier alpha value is -0.690. The second-order valence-corrected chi connectivity index (χ2v) is 10.2. The van der Waals surface area contributed by atoms with Crippen LogP contribution < -0.4 is 5.32 Å². The normalized spacial score (nSPS) is 22.9. The zero-order chi connectivity index (χ0) is 18.7. The molecule has 2 aliphatic rings. The first-order valence-corrected chi connectivity index (χ1v) is 11.7. The van der Waals surface area contributed by atoms with E-state index in [0.717, 1.165) is 30.7 Å². The summed E-state index contributed by atoms with van der Waals surface area (Å²) in [4.78, 5) is 1.14. The van der Waals surface area contributed by atoms with E-state index in [1.54, 1.807) is 29.4 Å². The number of piperidine rings is 1. The fourth-order valence-corrected chi connectivity index (χ4v) is 6.31. The quantitative estimate of drug-likeness (QED) is 0.746. The SMILES string of the molecule is Cc1c(Cl)cccc1S(=O)(=O)N1CCC[C@H](C(=S)NC2CCCCC2)C1. The topological polar surface area (TPSA) is 49.4 Å². The molecule has 1 aromatic rings. The Morgan fingerprint density at radius 2 is 1.92 bits per heavy atom. The molecule has 1 atom stereocenters. The molecule has 0 spiro atoms. The van der Waals surface area contributed by atoms with Crippen molar-refractivity contribution in [3.63, 3.8) is 0 Å². The predicted molar refractivity (Wildman–Crippen MR) is 110 cm³/mol. The molecule has 2 fully saturated rings. The zero-order valence-corrected chi connectivity index (χ0v) is 17.6. The maximum atomic E-state index is 13.1. The van der Waals surface area contributed by atoms with Gasteiger partial charge in [0.25, 0.3) is 0 Å². The fraction of sp³-hybridized carbons (Fsp3) is 0.632.